The molecule has 0 aliphatic carbocycles. The summed E-state index contributed by atoms with van der Waals surface area (Å²) in [6.45, 7) is 5.38. The normalized spacial score (nSPS) is 15.1. The van der Waals surface area contributed by atoms with Crippen molar-refractivity contribution in [3.63, 3.8) is 0 Å². The van der Waals surface area contributed by atoms with E-state index in [1.54, 1.807) is 10.7 Å². The van der Waals surface area contributed by atoms with Gasteiger partial charge in [-0.2, -0.15) is 10.2 Å². The number of ether oxygens (including phenoxy) is 2. The lowest BCUT2D eigenvalue weighted by Crippen LogP contribution is -2.19. The number of amides is 1. The molecule has 4 aromatic rings. The molecule has 0 spiro atoms. The Hall–Kier alpha value is -3.39. The zero-order chi connectivity index (χ0) is 21.4. The van der Waals surface area contributed by atoms with Crippen LogP contribution in [0.2, 0.25) is 0 Å². The molecule has 1 saturated heterocycles. The van der Waals surface area contributed by atoms with Crippen LogP contribution in [0.4, 0.5) is 5.69 Å². The van der Waals surface area contributed by atoms with Gasteiger partial charge in [-0.15, -0.1) is 0 Å². The number of hydrogen-bond donors (Lipinski definition) is 1. The minimum atomic E-state index is -0.231. The van der Waals surface area contributed by atoms with E-state index in [0.29, 0.717) is 23.0 Å². The van der Waals surface area contributed by atoms with Gasteiger partial charge in [0.2, 0.25) is 0 Å². The highest BCUT2D eigenvalue weighted by atomic mass is 16.5. The number of carbonyl (C=O) groups excluding carboxylic acids is 1. The first-order valence-electron chi connectivity index (χ1n) is 10.6. The average Bonchev–Trinajstić information content (AvgIpc) is 3.40. The van der Waals surface area contributed by atoms with Gasteiger partial charge in [0, 0.05) is 37.1 Å². The van der Waals surface area contributed by atoms with Gasteiger partial charge in [0.25, 0.3) is 5.91 Å². The van der Waals surface area contributed by atoms with E-state index in [0.717, 1.165) is 42.5 Å². The topological polar surface area (TPSA) is 82.7 Å². The first kappa shape index (κ1) is 19.6. The van der Waals surface area contributed by atoms with Crippen molar-refractivity contribution in [1.82, 2.24) is 19.4 Å². The number of aromatic nitrogens is 4. The Morgan fingerprint density at radius 1 is 1.26 bits per heavy atom. The van der Waals surface area contributed by atoms with Crippen LogP contribution in [0.25, 0.3) is 16.4 Å². The molecule has 3 aromatic heterocycles. The lowest BCUT2D eigenvalue weighted by atomic mass is 10.1. The van der Waals surface area contributed by atoms with Crippen molar-refractivity contribution in [2.24, 2.45) is 0 Å². The quantitative estimate of drug-likeness (QED) is 0.527. The summed E-state index contributed by atoms with van der Waals surface area (Å²) in [6, 6.07) is 9.61. The Morgan fingerprint density at radius 2 is 2.10 bits per heavy atom. The SMILES string of the molecule is CC(C)Oc1cc2nn(C3CCOCC3)cc2cc1C(=O)Nc1cccn2nccc12. The Balaban J connectivity index is 1.52. The van der Waals surface area contributed by atoms with E-state index in [9.17, 15) is 4.79 Å². The predicted octanol–water partition coefficient (Wildman–Crippen LogP) is 4.08. The summed E-state index contributed by atoms with van der Waals surface area (Å²) in [5.74, 6) is 0.295. The molecule has 0 radical (unpaired) electrons. The smallest absolute Gasteiger partial charge is 0.259 e. The maximum atomic E-state index is 13.3. The molecule has 1 amide bonds. The van der Waals surface area contributed by atoms with Crippen LogP contribution in [0, 0.1) is 0 Å². The summed E-state index contributed by atoms with van der Waals surface area (Å²) in [6.07, 6.45) is 7.36. The van der Waals surface area contributed by atoms with Crippen molar-refractivity contribution < 1.29 is 14.3 Å². The molecule has 5 rings (SSSR count). The average molecular weight is 419 g/mol. The number of rotatable bonds is 5. The molecule has 8 heteroatoms. The minimum absolute atomic E-state index is 0.0696. The fourth-order valence-corrected chi connectivity index (χ4v) is 3.99. The van der Waals surface area contributed by atoms with Crippen molar-refractivity contribution in [3.8, 4) is 5.75 Å². The van der Waals surface area contributed by atoms with Crippen molar-refractivity contribution >= 4 is 28.0 Å². The number of anilines is 1. The molecule has 1 fully saturated rings. The molecule has 1 aromatic carbocycles. The number of nitrogens with one attached hydrogen (secondary N) is 1. The van der Waals surface area contributed by atoms with Crippen LogP contribution >= 0.6 is 0 Å². The second-order valence-corrected chi connectivity index (χ2v) is 8.06. The van der Waals surface area contributed by atoms with Gasteiger partial charge in [-0.25, -0.2) is 4.52 Å². The van der Waals surface area contributed by atoms with Gasteiger partial charge in [-0.1, -0.05) is 0 Å². The van der Waals surface area contributed by atoms with Gasteiger partial charge in [-0.05, 0) is 51.0 Å². The Labute approximate surface area is 179 Å². The highest BCUT2D eigenvalue weighted by Crippen LogP contribution is 2.30. The largest absolute Gasteiger partial charge is 0.490 e. The molecule has 1 N–H and O–H groups in total. The van der Waals surface area contributed by atoms with Gasteiger partial charge >= 0.3 is 0 Å². The fraction of sp³-hybridized carbons (Fsp3) is 0.348. The molecule has 1 aliphatic heterocycles. The maximum absolute atomic E-state index is 13.3. The molecular weight excluding hydrogens is 394 g/mol. The van der Waals surface area contributed by atoms with E-state index < -0.39 is 0 Å². The second-order valence-electron chi connectivity index (χ2n) is 8.06. The monoisotopic (exact) mass is 419 g/mol. The van der Waals surface area contributed by atoms with Crippen LogP contribution in [0.1, 0.15) is 43.1 Å². The van der Waals surface area contributed by atoms with Crippen LogP contribution in [0.5, 0.6) is 5.75 Å². The van der Waals surface area contributed by atoms with Crippen LogP contribution in [0.15, 0.2) is 48.9 Å². The molecule has 0 saturated carbocycles. The molecule has 0 bridgehead atoms. The van der Waals surface area contributed by atoms with Gasteiger partial charge in [0.05, 0.1) is 40.6 Å². The Morgan fingerprint density at radius 3 is 2.90 bits per heavy atom. The molecule has 31 heavy (non-hydrogen) atoms. The molecule has 4 heterocycles. The zero-order valence-electron chi connectivity index (χ0n) is 17.6. The van der Waals surface area contributed by atoms with E-state index in [4.69, 9.17) is 14.6 Å². The number of pyridine rings is 1. The van der Waals surface area contributed by atoms with Gasteiger partial charge in [0.15, 0.2) is 0 Å². The molecule has 8 nitrogen and oxygen atoms in total. The van der Waals surface area contributed by atoms with E-state index >= 15 is 0 Å². The summed E-state index contributed by atoms with van der Waals surface area (Å²) >= 11 is 0. The van der Waals surface area contributed by atoms with Gasteiger partial charge in [-0.3, -0.25) is 9.48 Å². The first-order chi connectivity index (χ1) is 15.1. The second kappa shape index (κ2) is 8.03. The standard InChI is InChI=1S/C23H25N5O3/c1-15(2)31-22-13-20-16(14-28(26-20)17-6-10-30-11-7-17)12-18(22)23(29)25-19-4-3-9-27-21(19)5-8-24-27/h3-5,8-9,12-15,17H,6-7,10-11H2,1-2H3,(H,25,29). The van der Waals surface area contributed by atoms with Crippen LogP contribution in [0.3, 0.4) is 0 Å². The summed E-state index contributed by atoms with van der Waals surface area (Å²) in [4.78, 5) is 13.3. The summed E-state index contributed by atoms with van der Waals surface area (Å²) in [5, 5.41) is 12.9. The van der Waals surface area contributed by atoms with E-state index in [1.807, 2.05) is 61.3 Å². The van der Waals surface area contributed by atoms with E-state index in [2.05, 4.69) is 10.4 Å². The van der Waals surface area contributed by atoms with Crippen molar-refractivity contribution in [2.45, 2.75) is 38.8 Å². The van der Waals surface area contributed by atoms with Gasteiger partial charge < -0.3 is 14.8 Å². The lowest BCUT2D eigenvalue weighted by molar-refractivity contribution is 0.0664. The third-order valence-electron chi connectivity index (χ3n) is 5.48. The highest BCUT2D eigenvalue weighted by molar-refractivity contribution is 6.09. The Bertz CT molecular complexity index is 1240. The number of carbonyl (C=O) groups is 1. The van der Waals surface area contributed by atoms with E-state index in [1.165, 1.54) is 0 Å². The van der Waals surface area contributed by atoms with Crippen LogP contribution in [-0.4, -0.2) is 44.6 Å². The third kappa shape index (κ3) is 3.86. The van der Waals surface area contributed by atoms with E-state index in [-0.39, 0.29) is 12.0 Å². The lowest BCUT2D eigenvalue weighted by Gasteiger charge is -2.22. The molecular formula is C23H25N5O3. The number of hydrogen-bond acceptors (Lipinski definition) is 5. The van der Waals surface area contributed by atoms with Crippen molar-refractivity contribution in [2.75, 3.05) is 18.5 Å². The summed E-state index contributed by atoms with van der Waals surface area (Å²) in [7, 11) is 0. The molecule has 160 valence electrons. The highest BCUT2D eigenvalue weighted by Gasteiger charge is 2.21. The molecule has 0 unspecified atom stereocenters. The number of benzene rings is 1. The molecule has 0 atom stereocenters. The predicted molar refractivity (Wildman–Crippen MR) is 118 cm³/mol. The summed E-state index contributed by atoms with van der Waals surface area (Å²) in [5.41, 5.74) is 2.82. The zero-order valence-corrected chi connectivity index (χ0v) is 17.6. The first-order valence-corrected chi connectivity index (χ1v) is 10.6. The fourth-order valence-electron chi connectivity index (χ4n) is 3.99. The minimum Gasteiger partial charge on any atom is -0.490 e. The number of nitrogens with zero attached hydrogens (tertiary/aromatic N) is 4. The Kier molecular flexibility index (Phi) is 5.07. The van der Waals surface area contributed by atoms with Crippen LogP contribution < -0.4 is 10.1 Å². The third-order valence-corrected chi connectivity index (χ3v) is 5.48. The maximum Gasteiger partial charge on any atom is 0.259 e. The van der Waals surface area contributed by atoms with Crippen LogP contribution in [-0.2, 0) is 4.74 Å². The van der Waals surface area contributed by atoms with Gasteiger partial charge in [0.1, 0.15) is 5.75 Å². The summed E-state index contributed by atoms with van der Waals surface area (Å²) < 4.78 is 15.2. The number of fused-ring (bicyclic) bond motifs is 2. The van der Waals surface area contributed by atoms with Crippen molar-refractivity contribution in [1.29, 1.82) is 0 Å². The molecule has 1 aliphatic rings. The van der Waals surface area contributed by atoms with Crippen molar-refractivity contribution in [3.05, 3.63) is 54.5 Å².